The molecule has 0 spiro atoms. The number of amides is 1. The molecule has 2 aromatic rings. The zero-order valence-corrected chi connectivity index (χ0v) is 14.2. The summed E-state index contributed by atoms with van der Waals surface area (Å²) in [4.78, 5) is 22.9. The van der Waals surface area contributed by atoms with Gasteiger partial charge in [0.25, 0.3) is 0 Å². The Hall–Kier alpha value is -2.34. The summed E-state index contributed by atoms with van der Waals surface area (Å²) in [6.45, 7) is 6.64. The highest BCUT2D eigenvalue weighted by Gasteiger charge is 2.12. The fraction of sp³-hybridized carbons (Fsp3) is 0.444. The molecule has 1 aromatic heterocycles. The van der Waals surface area contributed by atoms with Crippen LogP contribution in [0.1, 0.15) is 44.2 Å². The predicted octanol–water partition coefficient (Wildman–Crippen LogP) is 3.91. The van der Waals surface area contributed by atoms with Gasteiger partial charge in [0.2, 0.25) is 11.7 Å². The van der Waals surface area contributed by atoms with E-state index in [0.717, 1.165) is 6.42 Å². The molecule has 0 bridgehead atoms. The van der Waals surface area contributed by atoms with Crippen LogP contribution in [-0.2, 0) is 9.53 Å². The molecule has 1 atom stereocenters. The van der Waals surface area contributed by atoms with Crippen LogP contribution in [0.5, 0.6) is 0 Å². The molecule has 130 valence electrons. The number of hydrogen-bond donors (Lipinski definition) is 2. The van der Waals surface area contributed by atoms with E-state index in [-0.39, 0.29) is 24.2 Å². The maximum absolute atomic E-state index is 12.0. The molecule has 0 radical (unpaired) electrons. The van der Waals surface area contributed by atoms with Gasteiger partial charge >= 0.3 is 5.97 Å². The highest BCUT2D eigenvalue weighted by Crippen LogP contribution is 2.23. The van der Waals surface area contributed by atoms with Gasteiger partial charge in [0.15, 0.2) is 0 Å². The second-order valence-corrected chi connectivity index (χ2v) is 6.28. The van der Waals surface area contributed by atoms with Crippen molar-refractivity contribution in [3.8, 4) is 0 Å². The quantitative estimate of drug-likeness (QED) is 0.764. The molecule has 2 N–H and O–H groups in total. The number of anilines is 1. The highest BCUT2D eigenvalue weighted by atomic mass is 16.5. The first-order valence-corrected chi connectivity index (χ1v) is 8.03. The van der Waals surface area contributed by atoms with Gasteiger partial charge in [-0.15, -0.1) is 0 Å². The lowest BCUT2D eigenvalue weighted by Crippen LogP contribution is -2.18. The number of furan rings is 1. The lowest BCUT2D eigenvalue weighted by atomic mass is 10.1. The van der Waals surface area contributed by atoms with Gasteiger partial charge in [-0.3, -0.25) is 4.79 Å². The maximum atomic E-state index is 12.0. The van der Waals surface area contributed by atoms with Crippen molar-refractivity contribution in [3.63, 3.8) is 0 Å². The van der Waals surface area contributed by atoms with Crippen molar-refractivity contribution in [2.75, 3.05) is 11.9 Å². The average Bonchev–Trinajstić information content (AvgIpc) is 2.89. The Morgan fingerprint density at radius 3 is 2.67 bits per heavy atom. The van der Waals surface area contributed by atoms with Crippen LogP contribution >= 0.6 is 0 Å². The summed E-state index contributed by atoms with van der Waals surface area (Å²) in [5, 5.41) is 12.3. The van der Waals surface area contributed by atoms with Gasteiger partial charge in [-0.05, 0) is 43.5 Å². The first-order valence-electron chi connectivity index (χ1n) is 8.03. The summed E-state index contributed by atoms with van der Waals surface area (Å²) in [7, 11) is 0. The van der Waals surface area contributed by atoms with Gasteiger partial charge < -0.3 is 19.6 Å². The fourth-order valence-electron chi connectivity index (χ4n) is 2.53. The Morgan fingerprint density at radius 1 is 1.25 bits per heavy atom. The van der Waals surface area contributed by atoms with Gasteiger partial charge in [0.1, 0.15) is 5.58 Å². The molecule has 6 heteroatoms. The largest absolute Gasteiger partial charge is 0.475 e. The van der Waals surface area contributed by atoms with Crippen molar-refractivity contribution >= 4 is 28.5 Å². The van der Waals surface area contributed by atoms with E-state index in [1.54, 1.807) is 18.2 Å². The zero-order chi connectivity index (χ0) is 17.7. The fourth-order valence-corrected chi connectivity index (χ4v) is 2.53. The molecule has 0 aliphatic rings. The molecule has 0 fully saturated rings. The number of aromatic carboxylic acids is 1. The second kappa shape index (κ2) is 7.97. The third-order valence-corrected chi connectivity index (χ3v) is 3.55. The Morgan fingerprint density at radius 2 is 2.00 bits per heavy atom. The molecule has 24 heavy (non-hydrogen) atoms. The Labute approximate surface area is 140 Å². The maximum Gasteiger partial charge on any atom is 0.371 e. The number of rotatable bonds is 8. The number of carbonyl (C=O) groups is 2. The molecule has 2 rings (SSSR count). The van der Waals surface area contributed by atoms with Crippen molar-refractivity contribution in [2.24, 2.45) is 5.92 Å². The number of carboxylic acid groups (broad SMARTS) is 1. The van der Waals surface area contributed by atoms with E-state index in [1.165, 1.54) is 6.07 Å². The summed E-state index contributed by atoms with van der Waals surface area (Å²) in [6.07, 6.45) is 1.37. The number of carboxylic acids is 1. The Kier molecular flexibility index (Phi) is 5.98. The number of carbonyl (C=O) groups excluding carboxylic acids is 1. The molecule has 0 saturated heterocycles. The van der Waals surface area contributed by atoms with E-state index in [0.29, 0.717) is 29.2 Å². The van der Waals surface area contributed by atoms with Crippen LogP contribution in [0.3, 0.4) is 0 Å². The lowest BCUT2D eigenvalue weighted by Gasteiger charge is -2.14. The van der Waals surface area contributed by atoms with Crippen molar-refractivity contribution < 1.29 is 23.8 Å². The number of fused-ring (bicyclic) bond motifs is 1. The summed E-state index contributed by atoms with van der Waals surface area (Å²) in [6, 6.07) is 6.44. The van der Waals surface area contributed by atoms with E-state index in [2.05, 4.69) is 19.2 Å². The Bertz CT molecular complexity index is 719. The zero-order valence-electron chi connectivity index (χ0n) is 14.2. The third kappa shape index (κ3) is 5.09. The number of hydrogen-bond acceptors (Lipinski definition) is 4. The minimum atomic E-state index is -1.12. The van der Waals surface area contributed by atoms with Gasteiger partial charge in [-0.1, -0.05) is 13.8 Å². The van der Waals surface area contributed by atoms with E-state index in [1.807, 2.05) is 6.92 Å². The molecular weight excluding hydrogens is 310 g/mol. The number of nitrogens with one attached hydrogen (secondary N) is 1. The minimum Gasteiger partial charge on any atom is -0.475 e. The summed E-state index contributed by atoms with van der Waals surface area (Å²) < 4.78 is 10.8. The smallest absolute Gasteiger partial charge is 0.371 e. The standard InChI is InChI=1S/C18H23NO5/c1-11(2)8-12(3)23-7-6-17(20)19-14-4-5-15-13(9-14)10-16(24-15)18(21)22/h4-5,9-12H,6-8H2,1-3H3,(H,19,20)(H,21,22). The normalized spacial score (nSPS) is 12.5. The third-order valence-electron chi connectivity index (χ3n) is 3.55. The van der Waals surface area contributed by atoms with E-state index in [4.69, 9.17) is 14.3 Å². The van der Waals surface area contributed by atoms with Crippen LogP contribution in [0.25, 0.3) is 11.0 Å². The van der Waals surface area contributed by atoms with Crippen LogP contribution in [-0.4, -0.2) is 29.7 Å². The molecular formula is C18H23NO5. The van der Waals surface area contributed by atoms with Crippen LogP contribution in [0, 0.1) is 5.92 Å². The van der Waals surface area contributed by atoms with Gasteiger partial charge in [-0.2, -0.15) is 0 Å². The first kappa shape index (κ1) is 18.0. The van der Waals surface area contributed by atoms with Gasteiger partial charge in [-0.25, -0.2) is 4.79 Å². The first-order chi connectivity index (χ1) is 11.3. The van der Waals surface area contributed by atoms with Crippen molar-refractivity contribution in [3.05, 3.63) is 30.0 Å². The van der Waals surface area contributed by atoms with Gasteiger partial charge in [0, 0.05) is 11.1 Å². The lowest BCUT2D eigenvalue weighted by molar-refractivity contribution is -0.117. The second-order valence-electron chi connectivity index (χ2n) is 6.28. The van der Waals surface area contributed by atoms with Crippen LogP contribution < -0.4 is 5.32 Å². The van der Waals surface area contributed by atoms with E-state index < -0.39 is 5.97 Å². The molecule has 0 aliphatic heterocycles. The average molecular weight is 333 g/mol. The monoisotopic (exact) mass is 333 g/mol. The van der Waals surface area contributed by atoms with Crippen molar-refractivity contribution in [1.82, 2.24) is 0 Å². The molecule has 6 nitrogen and oxygen atoms in total. The molecule has 1 heterocycles. The van der Waals surface area contributed by atoms with Gasteiger partial charge in [0.05, 0.1) is 19.1 Å². The molecule has 1 amide bonds. The molecule has 0 saturated carbocycles. The summed E-state index contributed by atoms with van der Waals surface area (Å²) in [5.41, 5.74) is 1.07. The van der Waals surface area contributed by atoms with Crippen molar-refractivity contribution in [2.45, 2.75) is 39.7 Å². The summed E-state index contributed by atoms with van der Waals surface area (Å²) >= 11 is 0. The van der Waals surface area contributed by atoms with Crippen LogP contribution in [0.2, 0.25) is 0 Å². The van der Waals surface area contributed by atoms with Crippen LogP contribution in [0.15, 0.2) is 28.7 Å². The van der Waals surface area contributed by atoms with Crippen LogP contribution in [0.4, 0.5) is 5.69 Å². The minimum absolute atomic E-state index is 0.124. The highest BCUT2D eigenvalue weighted by molar-refractivity contribution is 5.95. The predicted molar refractivity (Wildman–Crippen MR) is 91.3 cm³/mol. The van der Waals surface area contributed by atoms with E-state index >= 15 is 0 Å². The van der Waals surface area contributed by atoms with Crippen molar-refractivity contribution in [1.29, 1.82) is 0 Å². The van der Waals surface area contributed by atoms with E-state index in [9.17, 15) is 9.59 Å². The SMILES string of the molecule is CC(C)CC(C)OCCC(=O)Nc1ccc2oc(C(=O)O)cc2c1. The number of ether oxygens (including phenoxy) is 1. The number of benzene rings is 1. The molecule has 1 unspecified atom stereocenters. The Balaban J connectivity index is 1.87. The topological polar surface area (TPSA) is 88.8 Å². The molecule has 1 aromatic carbocycles. The summed E-state index contributed by atoms with van der Waals surface area (Å²) in [5.74, 6) is -0.829. The molecule has 0 aliphatic carbocycles.